The van der Waals surface area contributed by atoms with Gasteiger partial charge in [0, 0.05) is 81.9 Å². The molecule has 4 rings (SSSR count). The number of imide groups is 2. The number of fused-ring (bicyclic) bond motifs is 1. The third kappa shape index (κ3) is 17.0. The van der Waals surface area contributed by atoms with Gasteiger partial charge in [0.15, 0.2) is 0 Å². The van der Waals surface area contributed by atoms with Gasteiger partial charge in [0.1, 0.15) is 6.04 Å². The molecule has 422 valence electrons. The lowest BCUT2D eigenvalue weighted by Gasteiger charge is -2.43. The molecule has 1 aromatic heterocycles. The predicted molar refractivity (Wildman–Crippen MR) is 286 cm³/mol. The Bertz CT molecular complexity index is 2340. The van der Waals surface area contributed by atoms with Crippen molar-refractivity contribution in [3.63, 3.8) is 0 Å². The number of likely N-dealkylation sites (tertiary alicyclic amines) is 1. The second-order valence-electron chi connectivity index (χ2n) is 21.2. The minimum atomic E-state index is -1.21. The van der Waals surface area contributed by atoms with Crippen LogP contribution >= 0.6 is 0 Å². The van der Waals surface area contributed by atoms with Crippen LogP contribution in [0.15, 0.2) is 42.6 Å². The third-order valence-corrected chi connectivity index (χ3v) is 15.0. The predicted octanol–water partition coefficient (Wildman–Crippen LogP) is 3.71. The third-order valence-electron chi connectivity index (χ3n) is 15.0. The fraction of sp³-hybridized carbons (Fsp3) is 0.655. The number of hydrogen-bond donors (Lipinski definition) is 6. The van der Waals surface area contributed by atoms with E-state index in [0.29, 0.717) is 58.0 Å². The van der Waals surface area contributed by atoms with E-state index < -0.39 is 77.9 Å². The number of likely N-dealkylation sites (N-methyl/N-ethyl adjacent to an activating group) is 2. The SMILES string of the molecule is CC[C@H](C)[C@@H]([C@@H](CC(=O)N1CCC[C@H]1[C@H](OC)[C@@H](C)C(=O)N[C@@H](Cc1c[nH]c2ccccc12)C(=O)O)OC)N(C)[C@H](C(=O)NC(=O)[C@H](C(C)C)N(C)CCCC(=O)NNC(=O)CCCCCN1C(=O)C=CC1=O)C(C)C. The van der Waals surface area contributed by atoms with Crippen molar-refractivity contribution < 1.29 is 57.7 Å². The van der Waals surface area contributed by atoms with Gasteiger partial charge in [-0.1, -0.05) is 79.5 Å². The van der Waals surface area contributed by atoms with E-state index >= 15 is 0 Å². The van der Waals surface area contributed by atoms with Crippen molar-refractivity contribution in [3.8, 4) is 0 Å². The Kier molecular flexibility index (Phi) is 24.7. The lowest BCUT2D eigenvalue weighted by atomic mass is 9.87. The van der Waals surface area contributed by atoms with Gasteiger partial charge in [-0.2, -0.15) is 0 Å². The number of carbonyl (C=O) groups is 9. The Morgan fingerprint density at radius 3 is 2.03 bits per heavy atom. The van der Waals surface area contributed by atoms with Gasteiger partial charge in [0.25, 0.3) is 11.8 Å². The number of benzene rings is 1. The van der Waals surface area contributed by atoms with Crippen LogP contribution in [0.5, 0.6) is 0 Å². The molecule has 21 heteroatoms. The number of carboxylic acid groups (broad SMARTS) is 1. The first-order valence-electron chi connectivity index (χ1n) is 26.9. The number of hydrazine groups is 1. The van der Waals surface area contributed by atoms with Gasteiger partial charge in [-0.25, -0.2) is 4.79 Å². The number of carboxylic acids is 1. The van der Waals surface area contributed by atoms with Crippen LogP contribution in [-0.4, -0.2) is 173 Å². The monoisotopic (exact) mass is 1060 g/mol. The summed E-state index contributed by atoms with van der Waals surface area (Å²) in [5.41, 5.74) is 6.45. The number of aromatic nitrogens is 1. The molecule has 1 fully saturated rings. The zero-order valence-electron chi connectivity index (χ0n) is 46.5. The zero-order chi connectivity index (χ0) is 56.4. The van der Waals surface area contributed by atoms with E-state index in [9.17, 15) is 48.3 Å². The van der Waals surface area contributed by atoms with Crippen molar-refractivity contribution in [3.05, 3.63) is 48.2 Å². The summed E-state index contributed by atoms with van der Waals surface area (Å²) in [6.45, 7) is 14.3. The second-order valence-corrected chi connectivity index (χ2v) is 21.2. The number of ether oxygens (including phenoxy) is 2. The number of aromatic amines is 1. The van der Waals surface area contributed by atoms with E-state index in [1.54, 1.807) is 30.0 Å². The summed E-state index contributed by atoms with van der Waals surface area (Å²) in [6.07, 6.45) is 6.98. The molecule has 1 saturated heterocycles. The van der Waals surface area contributed by atoms with Crippen molar-refractivity contribution in [2.24, 2.45) is 23.7 Å². The smallest absolute Gasteiger partial charge is 0.326 e. The molecule has 76 heavy (non-hydrogen) atoms. The highest BCUT2D eigenvalue weighted by Gasteiger charge is 2.44. The number of aliphatic carboxylic acids is 1. The number of H-pyrrole nitrogens is 1. The van der Waals surface area contributed by atoms with E-state index in [4.69, 9.17) is 9.47 Å². The summed E-state index contributed by atoms with van der Waals surface area (Å²) in [6, 6.07) is 3.87. The molecule has 2 aliphatic rings. The van der Waals surface area contributed by atoms with Gasteiger partial charge < -0.3 is 29.8 Å². The minimum absolute atomic E-state index is 0.0435. The fourth-order valence-electron chi connectivity index (χ4n) is 10.9. The molecule has 2 aliphatic heterocycles. The maximum atomic E-state index is 14.5. The molecule has 8 amide bonds. The molecule has 0 saturated carbocycles. The molecule has 0 bridgehead atoms. The maximum absolute atomic E-state index is 14.5. The second kappa shape index (κ2) is 30.1. The number of carbonyl (C=O) groups excluding carboxylic acids is 8. The molecule has 1 aromatic carbocycles. The summed E-state index contributed by atoms with van der Waals surface area (Å²) < 4.78 is 12.1. The summed E-state index contributed by atoms with van der Waals surface area (Å²) in [7, 11) is 6.59. The first-order chi connectivity index (χ1) is 36.1. The van der Waals surface area contributed by atoms with E-state index in [2.05, 4.69) is 26.5 Å². The Balaban J connectivity index is 1.33. The van der Waals surface area contributed by atoms with Gasteiger partial charge in [-0.05, 0) is 82.1 Å². The van der Waals surface area contributed by atoms with Crippen LogP contribution in [0.25, 0.3) is 10.9 Å². The van der Waals surface area contributed by atoms with Crippen LogP contribution in [0.4, 0.5) is 0 Å². The minimum Gasteiger partial charge on any atom is -0.480 e. The number of para-hydroxylation sites is 1. The Morgan fingerprint density at radius 2 is 1.43 bits per heavy atom. The Labute approximate surface area is 447 Å². The Morgan fingerprint density at radius 1 is 0.816 bits per heavy atom. The summed E-state index contributed by atoms with van der Waals surface area (Å²) in [5.74, 6) is -5.72. The lowest BCUT2D eigenvalue weighted by molar-refractivity contribution is -0.146. The van der Waals surface area contributed by atoms with E-state index in [0.717, 1.165) is 21.4 Å². The molecular weight excluding hydrogens is 979 g/mol. The fourth-order valence-corrected chi connectivity index (χ4v) is 10.9. The summed E-state index contributed by atoms with van der Waals surface area (Å²) >= 11 is 0. The van der Waals surface area contributed by atoms with E-state index in [1.165, 1.54) is 26.4 Å². The molecular formula is C55H85N9O12. The highest BCUT2D eigenvalue weighted by Crippen LogP contribution is 2.31. The van der Waals surface area contributed by atoms with Crippen LogP contribution in [-0.2, 0) is 59.0 Å². The number of nitrogens with zero attached hydrogens (tertiary/aromatic N) is 4. The molecule has 2 aromatic rings. The molecule has 3 heterocycles. The topological polar surface area (TPSA) is 269 Å². The average molecular weight is 1060 g/mol. The van der Waals surface area contributed by atoms with E-state index in [1.807, 2.05) is 77.8 Å². The quantitative estimate of drug-likeness (QED) is 0.0357. The van der Waals surface area contributed by atoms with Crippen molar-refractivity contribution in [1.29, 1.82) is 0 Å². The average Bonchev–Trinajstić information content (AvgIpc) is 4.11. The number of unbranched alkanes of at least 4 members (excludes halogenated alkanes) is 2. The standard InChI is InChI=1S/C55H85N9O12/c1-12-35(6)50(42(75-10)31-47(69)63-29-18-22-41(63)51(76-11)36(7)52(70)57-40(55(73)74)30-37-32-56-39-21-16-15-20-38(37)39)62(9)49(34(4)5)54(72)58-53(71)48(33(2)3)61(8)27-19-24-44(66)60-59-43(65)23-14-13-17-28-64-45(67)25-26-46(64)68/h15-16,20-21,25-26,32-36,40-42,48-51,56H,12-14,17-19,22-24,27-31H2,1-11H3,(H,57,70)(H,59,65)(H,60,66)(H,73,74)(H,58,71,72)/t35-,36+,40-,41-,42+,48-,49-,50-,51+/m0/s1. The van der Waals surface area contributed by atoms with Crippen molar-refractivity contribution >= 4 is 64.1 Å². The summed E-state index contributed by atoms with van der Waals surface area (Å²) in [5, 5.41) is 16.4. The van der Waals surface area contributed by atoms with Crippen molar-refractivity contribution in [2.45, 2.75) is 162 Å². The van der Waals surface area contributed by atoms with Gasteiger partial charge in [-0.15, -0.1) is 0 Å². The van der Waals surface area contributed by atoms with Crippen molar-refractivity contribution in [1.82, 2.24) is 46.1 Å². The molecule has 6 N–H and O–H groups in total. The number of rotatable bonds is 31. The number of nitrogens with one attached hydrogen (secondary N) is 5. The number of hydrogen-bond acceptors (Lipinski definition) is 13. The Hall–Kier alpha value is -6.03. The van der Waals surface area contributed by atoms with Crippen LogP contribution in [0.1, 0.15) is 118 Å². The largest absolute Gasteiger partial charge is 0.480 e. The normalized spacial score (nSPS) is 18.0. The van der Waals surface area contributed by atoms with Gasteiger partial charge in [-0.3, -0.25) is 69.2 Å². The first kappa shape index (κ1) is 62.5. The van der Waals surface area contributed by atoms with Crippen molar-refractivity contribution in [2.75, 3.05) is 47.9 Å². The van der Waals surface area contributed by atoms with E-state index in [-0.39, 0.29) is 73.6 Å². The van der Waals surface area contributed by atoms with Crippen LogP contribution < -0.4 is 21.5 Å². The molecule has 0 radical (unpaired) electrons. The molecule has 0 spiro atoms. The lowest BCUT2D eigenvalue weighted by Crippen LogP contribution is -2.60. The molecule has 0 unspecified atom stereocenters. The first-order valence-corrected chi connectivity index (χ1v) is 26.9. The molecule has 21 nitrogen and oxygen atoms in total. The van der Waals surface area contributed by atoms with Crippen LogP contribution in [0, 0.1) is 23.7 Å². The van der Waals surface area contributed by atoms with Crippen LogP contribution in [0.2, 0.25) is 0 Å². The zero-order valence-corrected chi connectivity index (χ0v) is 46.5. The van der Waals surface area contributed by atoms with Gasteiger partial charge >= 0.3 is 5.97 Å². The number of amides is 8. The van der Waals surface area contributed by atoms with Gasteiger partial charge in [0.2, 0.25) is 35.4 Å². The highest BCUT2D eigenvalue weighted by atomic mass is 16.5. The van der Waals surface area contributed by atoms with Gasteiger partial charge in [0.05, 0.1) is 42.7 Å². The maximum Gasteiger partial charge on any atom is 0.326 e. The molecule has 9 atom stereocenters. The molecule has 0 aliphatic carbocycles. The summed E-state index contributed by atoms with van der Waals surface area (Å²) in [4.78, 5) is 127. The highest BCUT2D eigenvalue weighted by molar-refractivity contribution is 6.12. The number of methoxy groups -OCH3 is 2. The van der Waals surface area contributed by atoms with Crippen LogP contribution in [0.3, 0.4) is 0 Å².